The maximum absolute atomic E-state index is 14.4. The number of carbonyl (C=O) groups excluding carboxylic acids is 2. The number of methoxy groups -OCH3 is 1. The molecule has 5 aromatic rings. The first-order chi connectivity index (χ1) is 23.0. The van der Waals surface area contributed by atoms with E-state index in [9.17, 15) is 14.4 Å². The van der Waals surface area contributed by atoms with Crippen LogP contribution in [0.2, 0.25) is 0 Å². The van der Waals surface area contributed by atoms with Crippen LogP contribution in [-0.4, -0.2) is 52.7 Å². The standard InChI is InChI=1S/C37H34N4O5S/c1-3-46-36(44)32-33(24-12-5-4-6-13-24)38-37-41(34(32)25-14-11-15-27(20-25)45-2)35(43)30(47-37)21-26-22-40(29-17-8-7-16-28(26)29)23-31(42)39-18-9-10-19-39/h4-8,11-17,20-22,34H,3,9-10,18-19,23H2,1-2H3/b30-21+/t34-/m1/s1. The van der Waals surface area contributed by atoms with Crippen molar-refractivity contribution in [3.8, 4) is 5.75 Å². The lowest BCUT2D eigenvalue weighted by Gasteiger charge is -2.26. The normalized spacial score (nSPS) is 16.3. The maximum atomic E-state index is 14.4. The molecule has 2 aliphatic rings. The Morgan fingerprint density at radius 3 is 2.53 bits per heavy atom. The van der Waals surface area contributed by atoms with Crippen LogP contribution in [0.25, 0.3) is 22.7 Å². The van der Waals surface area contributed by atoms with Crippen LogP contribution in [0.3, 0.4) is 0 Å². The molecule has 0 unspecified atom stereocenters. The first kappa shape index (κ1) is 30.4. The molecule has 10 heteroatoms. The van der Waals surface area contributed by atoms with Crippen LogP contribution in [-0.2, 0) is 20.9 Å². The highest BCUT2D eigenvalue weighted by atomic mass is 32.1. The molecule has 0 saturated carbocycles. The molecule has 1 saturated heterocycles. The molecule has 1 atom stereocenters. The van der Waals surface area contributed by atoms with Crippen molar-refractivity contribution in [2.45, 2.75) is 32.4 Å². The molecule has 238 valence electrons. The average molecular weight is 647 g/mol. The van der Waals surface area contributed by atoms with E-state index in [0.717, 1.165) is 48.0 Å². The number of fused-ring (bicyclic) bond motifs is 2. The third-order valence-corrected chi connectivity index (χ3v) is 9.64. The van der Waals surface area contributed by atoms with Gasteiger partial charge in [-0.2, -0.15) is 0 Å². The number of rotatable bonds is 8. The highest BCUT2D eigenvalue weighted by molar-refractivity contribution is 7.07. The third-order valence-electron chi connectivity index (χ3n) is 8.65. The van der Waals surface area contributed by atoms with Crippen molar-refractivity contribution >= 4 is 45.9 Å². The number of ether oxygens (including phenoxy) is 2. The van der Waals surface area contributed by atoms with Crippen LogP contribution in [0.1, 0.15) is 42.5 Å². The van der Waals surface area contributed by atoms with Crippen LogP contribution in [0.5, 0.6) is 5.75 Å². The van der Waals surface area contributed by atoms with Crippen molar-refractivity contribution in [3.05, 3.63) is 127 Å². The number of likely N-dealkylation sites (tertiary alicyclic amines) is 1. The summed E-state index contributed by atoms with van der Waals surface area (Å²) in [7, 11) is 1.58. The summed E-state index contributed by atoms with van der Waals surface area (Å²) in [6, 6.07) is 23.9. The summed E-state index contributed by atoms with van der Waals surface area (Å²) < 4.78 is 15.1. The Balaban J connectivity index is 1.43. The Kier molecular flexibility index (Phi) is 8.34. The number of carbonyl (C=O) groups is 2. The van der Waals surface area contributed by atoms with E-state index in [1.165, 1.54) is 11.3 Å². The minimum Gasteiger partial charge on any atom is -0.497 e. The largest absolute Gasteiger partial charge is 0.497 e. The number of thiazole rings is 1. The average Bonchev–Trinajstić information content (AvgIpc) is 3.84. The van der Waals surface area contributed by atoms with Crippen LogP contribution in [0.15, 0.2) is 100 Å². The monoisotopic (exact) mass is 646 g/mol. The van der Waals surface area contributed by atoms with E-state index in [2.05, 4.69) is 0 Å². The molecule has 1 amide bonds. The molecule has 0 spiro atoms. The van der Waals surface area contributed by atoms with Gasteiger partial charge in [0, 0.05) is 41.3 Å². The lowest BCUT2D eigenvalue weighted by atomic mass is 9.93. The van der Waals surface area contributed by atoms with Crippen molar-refractivity contribution in [3.63, 3.8) is 0 Å². The van der Waals surface area contributed by atoms with Crippen molar-refractivity contribution < 1.29 is 19.1 Å². The van der Waals surface area contributed by atoms with Crippen LogP contribution < -0.4 is 19.6 Å². The zero-order chi connectivity index (χ0) is 32.5. The number of para-hydroxylation sites is 1. The van der Waals surface area contributed by atoms with Gasteiger partial charge in [0.1, 0.15) is 12.3 Å². The Bertz CT molecular complexity index is 2210. The number of nitrogens with zero attached hydrogens (tertiary/aromatic N) is 4. The fourth-order valence-electron chi connectivity index (χ4n) is 6.44. The van der Waals surface area contributed by atoms with E-state index in [0.29, 0.717) is 26.3 Å². The fraction of sp³-hybridized carbons (Fsp3) is 0.243. The fourth-order valence-corrected chi connectivity index (χ4v) is 7.43. The Hall–Kier alpha value is -5.22. The summed E-state index contributed by atoms with van der Waals surface area (Å²) in [6.07, 6.45) is 5.87. The van der Waals surface area contributed by atoms with Crippen LogP contribution >= 0.6 is 11.3 Å². The van der Waals surface area contributed by atoms with Crippen LogP contribution in [0.4, 0.5) is 0 Å². The number of amides is 1. The number of aromatic nitrogens is 2. The first-order valence-electron chi connectivity index (χ1n) is 15.7. The van der Waals surface area contributed by atoms with Gasteiger partial charge in [-0.15, -0.1) is 0 Å². The Labute approximate surface area is 275 Å². The molecule has 1 fully saturated rings. The van der Waals surface area contributed by atoms with Gasteiger partial charge >= 0.3 is 5.97 Å². The van der Waals surface area contributed by atoms with Gasteiger partial charge in [-0.05, 0) is 49.6 Å². The SMILES string of the molecule is CCOC(=O)C1=C(c2ccccc2)N=c2s/c(=C/c3cn(CC(=O)N4CCCC4)c4ccccc34)c(=O)n2[C@@H]1c1cccc(OC)c1. The van der Waals surface area contributed by atoms with Crippen molar-refractivity contribution in [1.29, 1.82) is 0 Å². The molecule has 3 aromatic carbocycles. The summed E-state index contributed by atoms with van der Waals surface area (Å²) in [5.41, 5.74) is 3.65. The zero-order valence-electron chi connectivity index (χ0n) is 26.2. The molecule has 2 aromatic heterocycles. The second-order valence-electron chi connectivity index (χ2n) is 11.5. The van der Waals surface area contributed by atoms with Crippen molar-refractivity contribution in [1.82, 2.24) is 14.0 Å². The number of esters is 1. The lowest BCUT2D eigenvalue weighted by Crippen LogP contribution is -2.40. The van der Waals surface area contributed by atoms with E-state index in [-0.39, 0.29) is 30.2 Å². The predicted octanol–water partition coefficient (Wildman–Crippen LogP) is 4.52. The van der Waals surface area contributed by atoms with Crippen LogP contribution in [0, 0.1) is 0 Å². The first-order valence-corrected chi connectivity index (χ1v) is 16.6. The summed E-state index contributed by atoms with van der Waals surface area (Å²) in [5.74, 6) is 0.151. The quantitative estimate of drug-likeness (QED) is 0.231. The molecule has 0 aliphatic carbocycles. The van der Waals surface area contributed by atoms with Gasteiger partial charge in [0.15, 0.2) is 4.80 Å². The van der Waals surface area contributed by atoms with Gasteiger partial charge in [0.2, 0.25) is 5.91 Å². The predicted molar refractivity (Wildman–Crippen MR) is 182 cm³/mol. The van der Waals surface area contributed by atoms with E-state index < -0.39 is 12.0 Å². The second kappa shape index (κ2) is 12.9. The van der Waals surface area contributed by atoms with Gasteiger partial charge in [-0.1, -0.05) is 72.0 Å². The van der Waals surface area contributed by atoms with E-state index in [1.807, 2.05) is 101 Å². The Morgan fingerprint density at radius 1 is 1.00 bits per heavy atom. The molecule has 0 N–H and O–H groups in total. The van der Waals surface area contributed by atoms with Gasteiger partial charge in [0.25, 0.3) is 5.56 Å². The maximum Gasteiger partial charge on any atom is 0.338 e. The van der Waals surface area contributed by atoms with E-state index >= 15 is 0 Å². The Morgan fingerprint density at radius 2 is 1.77 bits per heavy atom. The molecule has 0 bridgehead atoms. The van der Waals surface area contributed by atoms with E-state index in [1.54, 1.807) is 18.6 Å². The second-order valence-corrected chi connectivity index (χ2v) is 12.5. The molecule has 47 heavy (non-hydrogen) atoms. The van der Waals surface area contributed by atoms with Gasteiger partial charge in [-0.25, -0.2) is 9.79 Å². The summed E-state index contributed by atoms with van der Waals surface area (Å²) >= 11 is 1.27. The van der Waals surface area contributed by atoms with E-state index in [4.69, 9.17) is 14.5 Å². The smallest absolute Gasteiger partial charge is 0.338 e. The summed E-state index contributed by atoms with van der Waals surface area (Å²) in [6.45, 7) is 3.74. The molecule has 4 heterocycles. The zero-order valence-corrected chi connectivity index (χ0v) is 27.0. The highest BCUT2D eigenvalue weighted by Gasteiger charge is 2.35. The summed E-state index contributed by atoms with van der Waals surface area (Å²) in [4.78, 5) is 48.6. The van der Waals surface area contributed by atoms with Crippen molar-refractivity contribution in [2.24, 2.45) is 4.99 Å². The minimum absolute atomic E-state index is 0.0902. The third kappa shape index (κ3) is 5.69. The molecular formula is C37H34N4O5S. The topological polar surface area (TPSA) is 95.1 Å². The molecule has 7 rings (SSSR count). The van der Waals surface area contributed by atoms with Gasteiger partial charge in [0.05, 0.1) is 35.6 Å². The molecule has 0 radical (unpaired) electrons. The van der Waals surface area contributed by atoms with Crippen molar-refractivity contribution in [2.75, 3.05) is 26.8 Å². The summed E-state index contributed by atoms with van der Waals surface area (Å²) in [5, 5.41) is 0.939. The van der Waals surface area contributed by atoms with Gasteiger partial charge < -0.3 is 18.9 Å². The van der Waals surface area contributed by atoms with Gasteiger partial charge in [-0.3, -0.25) is 14.2 Å². The number of hydrogen-bond donors (Lipinski definition) is 0. The lowest BCUT2D eigenvalue weighted by molar-refractivity contribution is -0.139. The molecule has 9 nitrogen and oxygen atoms in total. The number of benzene rings is 3. The minimum atomic E-state index is -0.808. The number of hydrogen-bond acceptors (Lipinski definition) is 7. The molecule has 2 aliphatic heterocycles. The molecular weight excluding hydrogens is 612 g/mol. The highest BCUT2D eigenvalue weighted by Crippen LogP contribution is 2.36.